The zero-order valence-electron chi connectivity index (χ0n) is 12.8. The summed E-state index contributed by atoms with van der Waals surface area (Å²) in [6.07, 6.45) is 0. The van der Waals surface area contributed by atoms with Crippen LogP contribution in [0.3, 0.4) is 0 Å². The Balaban J connectivity index is 1.83. The van der Waals surface area contributed by atoms with Crippen LogP contribution in [0.15, 0.2) is 89.4 Å². The third-order valence-electron chi connectivity index (χ3n) is 4.20. The van der Waals surface area contributed by atoms with Crippen LogP contribution >= 0.6 is 27.5 Å². The van der Waals surface area contributed by atoms with E-state index < -0.39 is 0 Å². The molecule has 0 amide bonds. The lowest BCUT2D eigenvalue weighted by Crippen LogP contribution is -1.84. The molecule has 0 saturated carbocycles. The molecule has 0 aliphatic rings. The molecule has 0 aromatic heterocycles. The number of fused-ring (bicyclic) bond motifs is 1. The summed E-state index contributed by atoms with van der Waals surface area (Å²) in [5.74, 6) is 0. The zero-order chi connectivity index (χ0) is 16.5. The van der Waals surface area contributed by atoms with Gasteiger partial charge in [0.1, 0.15) is 0 Å². The molecule has 0 aliphatic heterocycles. The van der Waals surface area contributed by atoms with E-state index in [1.54, 1.807) is 0 Å². The van der Waals surface area contributed by atoms with Crippen LogP contribution in [-0.2, 0) is 0 Å². The Morgan fingerprint density at radius 1 is 0.583 bits per heavy atom. The zero-order valence-corrected chi connectivity index (χ0v) is 15.2. The number of hydrogen-bond donors (Lipinski definition) is 0. The highest BCUT2D eigenvalue weighted by molar-refractivity contribution is 9.10. The molecule has 0 atom stereocenters. The van der Waals surface area contributed by atoms with Gasteiger partial charge in [-0.3, -0.25) is 0 Å². The van der Waals surface area contributed by atoms with Crippen molar-refractivity contribution in [2.75, 3.05) is 0 Å². The standard InChI is InChI=1S/C22H14BrCl/c23-20-7-4-8-21(24)22(20)19-12-11-17-13-16(9-10-18(17)14-19)15-5-2-1-3-6-15/h1-14H. The molecule has 0 radical (unpaired) electrons. The first-order chi connectivity index (χ1) is 11.7. The largest absolute Gasteiger partial charge is 0.0836 e. The van der Waals surface area contributed by atoms with Gasteiger partial charge in [-0.2, -0.15) is 0 Å². The summed E-state index contributed by atoms with van der Waals surface area (Å²) < 4.78 is 1.01. The second-order valence-corrected chi connectivity index (χ2v) is 7.00. The number of halogens is 2. The van der Waals surface area contributed by atoms with Crippen molar-refractivity contribution >= 4 is 38.3 Å². The Labute approximate surface area is 154 Å². The highest BCUT2D eigenvalue weighted by atomic mass is 79.9. The SMILES string of the molecule is Clc1cccc(Br)c1-c1ccc2cc(-c3ccccc3)ccc2c1. The van der Waals surface area contributed by atoms with Crippen LogP contribution in [0.5, 0.6) is 0 Å². The van der Waals surface area contributed by atoms with Crippen LogP contribution in [0, 0.1) is 0 Å². The first-order valence-electron chi connectivity index (χ1n) is 7.76. The van der Waals surface area contributed by atoms with Crippen molar-refractivity contribution in [2.24, 2.45) is 0 Å². The smallest absolute Gasteiger partial charge is 0.0495 e. The number of benzene rings is 4. The molecular formula is C22H14BrCl. The van der Waals surface area contributed by atoms with Crippen LogP contribution in [0.4, 0.5) is 0 Å². The highest BCUT2D eigenvalue weighted by Gasteiger charge is 2.09. The molecule has 0 aliphatic carbocycles. The molecule has 0 fully saturated rings. The minimum atomic E-state index is 0.754. The highest BCUT2D eigenvalue weighted by Crippen LogP contribution is 2.36. The maximum absolute atomic E-state index is 6.39. The summed E-state index contributed by atoms with van der Waals surface area (Å²) in [4.78, 5) is 0. The molecule has 24 heavy (non-hydrogen) atoms. The summed E-state index contributed by atoms with van der Waals surface area (Å²) in [6.45, 7) is 0. The lowest BCUT2D eigenvalue weighted by molar-refractivity contribution is 1.60. The monoisotopic (exact) mass is 392 g/mol. The van der Waals surface area contributed by atoms with Crippen LogP contribution in [0.1, 0.15) is 0 Å². The fraction of sp³-hybridized carbons (Fsp3) is 0. The van der Waals surface area contributed by atoms with E-state index in [1.165, 1.54) is 21.9 Å². The summed E-state index contributed by atoms with van der Waals surface area (Å²) in [5, 5.41) is 3.19. The number of rotatable bonds is 2. The molecule has 4 aromatic rings. The van der Waals surface area contributed by atoms with E-state index in [0.717, 1.165) is 20.6 Å². The lowest BCUT2D eigenvalue weighted by Gasteiger charge is -2.10. The van der Waals surface area contributed by atoms with Gasteiger partial charge in [-0.25, -0.2) is 0 Å². The normalized spacial score (nSPS) is 10.9. The van der Waals surface area contributed by atoms with E-state index in [4.69, 9.17) is 11.6 Å². The van der Waals surface area contributed by atoms with Gasteiger partial charge in [0, 0.05) is 15.1 Å². The number of hydrogen-bond acceptors (Lipinski definition) is 0. The van der Waals surface area contributed by atoms with Crippen LogP contribution in [0.2, 0.25) is 5.02 Å². The van der Waals surface area contributed by atoms with Gasteiger partial charge in [0.15, 0.2) is 0 Å². The van der Waals surface area contributed by atoms with Crippen molar-refractivity contribution in [1.82, 2.24) is 0 Å². The summed E-state index contributed by atoms with van der Waals surface area (Å²) >= 11 is 10.00. The van der Waals surface area contributed by atoms with Gasteiger partial charge in [-0.15, -0.1) is 0 Å². The molecule has 0 nitrogen and oxygen atoms in total. The second kappa shape index (κ2) is 6.43. The van der Waals surface area contributed by atoms with Gasteiger partial charge in [0.25, 0.3) is 0 Å². The predicted molar refractivity (Wildman–Crippen MR) is 108 cm³/mol. The van der Waals surface area contributed by atoms with Crippen LogP contribution in [-0.4, -0.2) is 0 Å². The van der Waals surface area contributed by atoms with Gasteiger partial charge >= 0.3 is 0 Å². The van der Waals surface area contributed by atoms with Crippen molar-refractivity contribution in [3.05, 3.63) is 94.4 Å². The molecule has 4 rings (SSSR count). The Morgan fingerprint density at radius 2 is 1.25 bits per heavy atom. The first-order valence-corrected chi connectivity index (χ1v) is 8.93. The molecule has 0 spiro atoms. The molecule has 0 unspecified atom stereocenters. The van der Waals surface area contributed by atoms with Gasteiger partial charge in [-0.1, -0.05) is 88.2 Å². The topological polar surface area (TPSA) is 0 Å². The Kier molecular flexibility index (Phi) is 4.13. The van der Waals surface area contributed by atoms with E-state index >= 15 is 0 Å². The summed E-state index contributed by atoms with van der Waals surface area (Å²) in [7, 11) is 0. The van der Waals surface area contributed by atoms with Crippen LogP contribution < -0.4 is 0 Å². The first kappa shape index (κ1) is 15.4. The minimum absolute atomic E-state index is 0.754. The minimum Gasteiger partial charge on any atom is -0.0836 e. The average Bonchev–Trinajstić information content (AvgIpc) is 2.62. The van der Waals surface area contributed by atoms with E-state index in [1.807, 2.05) is 24.3 Å². The Morgan fingerprint density at radius 3 is 1.96 bits per heavy atom. The Bertz CT molecular complexity index is 1000. The van der Waals surface area contributed by atoms with Gasteiger partial charge in [-0.05, 0) is 51.7 Å². The fourth-order valence-electron chi connectivity index (χ4n) is 2.99. The molecule has 2 heteroatoms. The molecule has 0 saturated heterocycles. The third kappa shape index (κ3) is 2.86. The van der Waals surface area contributed by atoms with Crippen LogP contribution in [0.25, 0.3) is 33.0 Å². The molecule has 4 aromatic carbocycles. The second-order valence-electron chi connectivity index (χ2n) is 5.74. The lowest BCUT2D eigenvalue weighted by atomic mass is 9.98. The van der Waals surface area contributed by atoms with Crippen molar-refractivity contribution < 1.29 is 0 Å². The Hall–Kier alpha value is -2.09. The fourth-order valence-corrected chi connectivity index (χ4v) is 3.98. The van der Waals surface area contributed by atoms with Crippen molar-refractivity contribution in [2.45, 2.75) is 0 Å². The quantitative estimate of drug-likeness (QED) is 0.329. The van der Waals surface area contributed by atoms with E-state index in [-0.39, 0.29) is 0 Å². The van der Waals surface area contributed by atoms with E-state index in [2.05, 4.69) is 76.6 Å². The average molecular weight is 394 g/mol. The van der Waals surface area contributed by atoms with Crippen molar-refractivity contribution in [3.63, 3.8) is 0 Å². The van der Waals surface area contributed by atoms with Gasteiger partial charge in [0.2, 0.25) is 0 Å². The van der Waals surface area contributed by atoms with Crippen molar-refractivity contribution in [1.29, 1.82) is 0 Å². The predicted octanol–water partition coefficient (Wildman–Crippen LogP) is 7.59. The molecule has 0 bridgehead atoms. The van der Waals surface area contributed by atoms with E-state index in [0.29, 0.717) is 0 Å². The maximum atomic E-state index is 6.39. The molecular weight excluding hydrogens is 380 g/mol. The summed E-state index contributed by atoms with van der Waals surface area (Å²) in [6, 6.07) is 29.4. The third-order valence-corrected chi connectivity index (χ3v) is 5.17. The summed E-state index contributed by atoms with van der Waals surface area (Å²) in [5.41, 5.74) is 4.62. The molecule has 0 heterocycles. The maximum Gasteiger partial charge on any atom is 0.0495 e. The van der Waals surface area contributed by atoms with Gasteiger partial charge in [0.05, 0.1) is 0 Å². The van der Waals surface area contributed by atoms with E-state index in [9.17, 15) is 0 Å². The molecule has 116 valence electrons. The van der Waals surface area contributed by atoms with Gasteiger partial charge < -0.3 is 0 Å². The molecule has 0 N–H and O–H groups in total. The van der Waals surface area contributed by atoms with Crippen molar-refractivity contribution in [3.8, 4) is 22.3 Å².